The van der Waals surface area contributed by atoms with E-state index in [1.54, 1.807) is 14.2 Å². The number of benzene rings is 1. The number of nitrogens with zero attached hydrogens (tertiary/aromatic N) is 1. The zero-order valence-electron chi connectivity index (χ0n) is 12.4. The Balaban J connectivity index is 2.04. The molecule has 0 bridgehead atoms. The van der Waals surface area contributed by atoms with Crippen LogP contribution in [0.25, 0.3) is 0 Å². The molecule has 0 spiro atoms. The summed E-state index contributed by atoms with van der Waals surface area (Å²) >= 11 is 6.41. The standard InChI is InChI=1S/C15H23ClN2O2/c1-18(10-12-5-4-8-17-12)9-11-6-7-13(19-2)15(20-3)14(11)16/h6-7,12,17H,4-5,8-10H2,1-3H3. The van der Waals surface area contributed by atoms with Gasteiger partial charge in [0.1, 0.15) is 0 Å². The van der Waals surface area contributed by atoms with Crippen LogP contribution in [0.1, 0.15) is 18.4 Å². The van der Waals surface area contributed by atoms with E-state index in [4.69, 9.17) is 21.1 Å². The lowest BCUT2D eigenvalue weighted by atomic mass is 10.1. The Labute approximate surface area is 126 Å². The molecular formula is C15H23ClN2O2. The minimum absolute atomic E-state index is 0.596. The van der Waals surface area contributed by atoms with Crippen molar-refractivity contribution >= 4 is 11.6 Å². The van der Waals surface area contributed by atoms with E-state index in [0.29, 0.717) is 22.6 Å². The normalized spacial score (nSPS) is 18.6. The van der Waals surface area contributed by atoms with Gasteiger partial charge in [-0.15, -0.1) is 0 Å². The Morgan fingerprint density at radius 3 is 2.75 bits per heavy atom. The molecule has 1 heterocycles. The Morgan fingerprint density at radius 1 is 1.35 bits per heavy atom. The SMILES string of the molecule is COc1ccc(CN(C)CC2CCCN2)c(Cl)c1OC. The van der Waals surface area contributed by atoms with Gasteiger partial charge in [0.2, 0.25) is 0 Å². The summed E-state index contributed by atoms with van der Waals surface area (Å²) in [5.41, 5.74) is 1.06. The number of hydrogen-bond acceptors (Lipinski definition) is 4. The van der Waals surface area contributed by atoms with Crippen LogP contribution in [0.3, 0.4) is 0 Å². The molecule has 1 saturated heterocycles. The summed E-state index contributed by atoms with van der Waals surface area (Å²) in [6.07, 6.45) is 2.53. The number of halogens is 1. The van der Waals surface area contributed by atoms with Gasteiger partial charge in [0.05, 0.1) is 19.2 Å². The highest BCUT2D eigenvalue weighted by atomic mass is 35.5. The fraction of sp³-hybridized carbons (Fsp3) is 0.600. The van der Waals surface area contributed by atoms with Gasteiger partial charge in [0.25, 0.3) is 0 Å². The minimum Gasteiger partial charge on any atom is -0.493 e. The molecular weight excluding hydrogens is 276 g/mol. The number of rotatable bonds is 6. The lowest BCUT2D eigenvalue weighted by molar-refractivity contribution is 0.292. The Kier molecular flexibility index (Phi) is 5.52. The quantitative estimate of drug-likeness (QED) is 0.875. The van der Waals surface area contributed by atoms with Gasteiger partial charge < -0.3 is 19.7 Å². The highest BCUT2D eigenvalue weighted by Crippen LogP contribution is 2.37. The van der Waals surface area contributed by atoms with Crippen LogP contribution in [0.15, 0.2) is 12.1 Å². The monoisotopic (exact) mass is 298 g/mol. The highest BCUT2D eigenvalue weighted by Gasteiger charge is 2.18. The van der Waals surface area contributed by atoms with Crippen LogP contribution in [0.2, 0.25) is 5.02 Å². The largest absolute Gasteiger partial charge is 0.493 e. The lowest BCUT2D eigenvalue weighted by Crippen LogP contribution is -2.35. The highest BCUT2D eigenvalue weighted by molar-refractivity contribution is 6.33. The summed E-state index contributed by atoms with van der Waals surface area (Å²) in [6, 6.07) is 4.50. The summed E-state index contributed by atoms with van der Waals surface area (Å²) in [5, 5.41) is 4.15. The molecule has 1 aromatic rings. The summed E-state index contributed by atoms with van der Waals surface area (Å²) in [5.74, 6) is 1.28. The smallest absolute Gasteiger partial charge is 0.179 e. The van der Waals surface area contributed by atoms with Gasteiger partial charge in [-0.25, -0.2) is 0 Å². The maximum atomic E-state index is 6.41. The van der Waals surface area contributed by atoms with Crippen molar-refractivity contribution in [3.8, 4) is 11.5 Å². The second-order valence-corrected chi connectivity index (χ2v) is 5.64. The number of methoxy groups -OCH3 is 2. The topological polar surface area (TPSA) is 33.7 Å². The first kappa shape index (κ1) is 15.4. The second kappa shape index (κ2) is 7.16. The summed E-state index contributed by atoms with van der Waals surface area (Å²) in [7, 11) is 5.35. The third-order valence-electron chi connectivity index (χ3n) is 3.70. The summed E-state index contributed by atoms with van der Waals surface area (Å²) < 4.78 is 10.6. The molecule has 0 aliphatic carbocycles. The predicted molar refractivity (Wildman–Crippen MR) is 81.9 cm³/mol. The molecule has 112 valence electrons. The van der Waals surface area contributed by atoms with Crippen LogP contribution in [-0.4, -0.2) is 45.3 Å². The van der Waals surface area contributed by atoms with E-state index < -0.39 is 0 Å². The first-order valence-electron chi connectivity index (χ1n) is 6.97. The third-order valence-corrected chi connectivity index (χ3v) is 4.11. The molecule has 0 radical (unpaired) electrons. The zero-order chi connectivity index (χ0) is 14.5. The van der Waals surface area contributed by atoms with Crippen molar-refractivity contribution in [3.05, 3.63) is 22.7 Å². The van der Waals surface area contributed by atoms with E-state index in [0.717, 1.165) is 25.2 Å². The zero-order valence-corrected chi connectivity index (χ0v) is 13.2. The van der Waals surface area contributed by atoms with Crippen LogP contribution in [0, 0.1) is 0 Å². The van der Waals surface area contributed by atoms with Gasteiger partial charge in [-0.05, 0) is 38.1 Å². The third kappa shape index (κ3) is 3.57. The number of likely N-dealkylation sites (N-methyl/N-ethyl adjacent to an activating group) is 1. The minimum atomic E-state index is 0.596. The number of hydrogen-bond donors (Lipinski definition) is 1. The maximum Gasteiger partial charge on any atom is 0.179 e. The Morgan fingerprint density at radius 2 is 2.15 bits per heavy atom. The van der Waals surface area contributed by atoms with Crippen LogP contribution in [0.4, 0.5) is 0 Å². The molecule has 2 rings (SSSR count). The maximum absolute atomic E-state index is 6.41. The lowest BCUT2D eigenvalue weighted by Gasteiger charge is -2.22. The molecule has 1 N–H and O–H groups in total. The molecule has 5 heteroatoms. The van der Waals surface area contributed by atoms with Crippen molar-refractivity contribution < 1.29 is 9.47 Å². The molecule has 0 amide bonds. The molecule has 1 aliphatic heterocycles. The van der Waals surface area contributed by atoms with Gasteiger partial charge in [0.15, 0.2) is 11.5 Å². The van der Waals surface area contributed by atoms with Crippen LogP contribution in [0.5, 0.6) is 11.5 Å². The van der Waals surface area contributed by atoms with E-state index >= 15 is 0 Å². The van der Waals surface area contributed by atoms with Crippen LogP contribution < -0.4 is 14.8 Å². The van der Waals surface area contributed by atoms with E-state index in [2.05, 4.69) is 17.3 Å². The van der Waals surface area contributed by atoms with Crippen LogP contribution >= 0.6 is 11.6 Å². The Hall–Kier alpha value is -0.970. The van der Waals surface area contributed by atoms with E-state index in [1.165, 1.54) is 12.8 Å². The second-order valence-electron chi connectivity index (χ2n) is 5.26. The number of ether oxygens (including phenoxy) is 2. The average molecular weight is 299 g/mol. The fourth-order valence-electron chi connectivity index (χ4n) is 2.70. The van der Waals surface area contributed by atoms with Gasteiger partial charge >= 0.3 is 0 Å². The van der Waals surface area contributed by atoms with Crippen molar-refractivity contribution in [2.45, 2.75) is 25.4 Å². The molecule has 0 saturated carbocycles. The van der Waals surface area contributed by atoms with Gasteiger partial charge in [-0.1, -0.05) is 17.7 Å². The molecule has 1 aromatic carbocycles. The Bertz CT molecular complexity index is 448. The van der Waals surface area contributed by atoms with Gasteiger partial charge in [-0.2, -0.15) is 0 Å². The van der Waals surface area contributed by atoms with Gasteiger partial charge in [0, 0.05) is 19.1 Å². The van der Waals surface area contributed by atoms with Crippen molar-refractivity contribution in [1.82, 2.24) is 10.2 Å². The van der Waals surface area contributed by atoms with E-state index in [1.807, 2.05) is 12.1 Å². The molecule has 1 aliphatic rings. The van der Waals surface area contributed by atoms with Gasteiger partial charge in [-0.3, -0.25) is 0 Å². The van der Waals surface area contributed by atoms with Crippen molar-refractivity contribution in [3.63, 3.8) is 0 Å². The first-order valence-corrected chi connectivity index (χ1v) is 7.34. The molecule has 0 aromatic heterocycles. The fourth-order valence-corrected chi connectivity index (χ4v) is 2.99. The van der Waals surface area contributed by atoms with Crippen molar-refractivity contribution in [2.24, 2.45) is 0 Å². The van der Waals surface area contributed by atoms with Crippen molar-refractivity contribution in [2.75, 3.05) is 34.4 Å². The first-order chi connectivity index (χ1) is 9.65. The molecule has 1 unspecified atom stereocenters. The molecule has 1 atom stereocenters. The summed E-state index contributed by atoms with van der Waals surface area (Å²) in [4.78, 5) is 2.29. The average Bonchev–Trinajstić information content (AvgIpc) is 2.93. The van der Waals surface area contributed by atoms with Crippen LogP contribution in [-0.2, 0) is 6.54 Å². The van der Waals surface area contributed by atoms with Crippen molar-refractivity contribution in [1.29, 1.82) is 0 Å². The van der Waals surface area contributed by atoms with E-state index in [-0.39, 0.29) is 0 Å². The predicted octanol–water partition coefficient (Wildman–Crippen LogP) is 2.54. The molecule has 4 nitrogen and oxygen atoms in total. The summed E-state index contributed by atoms with van der Waals surface area (Å²) in [6.45, 7) is 2.97. The van der Waals surface area contributed by atoms with E-state index in [9.17, 15) is 0 Å². The number of nitrogens with one attached hydrogen (secondary N) is 1. The molecule has 20 heavy (non-hydrogen) atoms. The molecule has 1 fully saturated rings.